The zero-order valence-corrected chi connectivity index (χ0v) is 8.84. The van der Waals surface area contributed by atoms with Crippen molar-refractivity contribution in [1.82, 2.24) is 5.32 Å². The summed E-state index contributed by atoms with van der Waals surface area (Å²) in [5.41, 5.74) is -0.352. The van der Waals surface area contributed by atoms with Gasteiger partial charge in [-0.2, -0.15) is 0 Å². The fourth-order valence-corrected chi connectivity index (χ4v) is 4.02. The number of nitrogens with one attached hydrogen (secondary N) is 1. The minimum Gasteiger partial charge on any atom is -0.389 e. The Labute approximate surface area is 86.1 Å². The van der Waals surface area contributed by atoms with Gasteiger partial charge in [0.2, 0.25) is 0 Å². The molecule has 4 atom stereocenters. The summed E-state index contributed by atoms with van der Waals surface area (Å²) in [7, 11) is 0. The summed E-state index contributed by atoms with van der Waals surface area (Å²) >= 11 is 0. The predicted octanol–water partition coefficient (Wildman–Crippen LogP) is 1.54. The molecule has 2 bridgehead atoms. The molecule has 1 saturated heterocycles. The Kier molecular flexibility index (Phi) is 2.10. The van der Waals surface area contributed by atoms with Crippen LogP contribution in [-0.4, -0.2) is 23.8 Å². The van der Waals surface area contributed by atoms with E-state index in [4.69, 9.17) is 0 Å². The van der Waals surface area contributed by atoms with E-state index in [9.17, 15) is 5.11 Å². The number of hydrogen-bond acceptors (Lipinski definition) is 2. The van der Waals surface area contributed by atoms with Gasteiger partial charge >= 0.3 is 0 Å². The first-order chi connectivity index (χ1) is 6.75. The van der Waals surface area contributed by atoms with E-state index in [0.29, 0.717) is 0 Å². The van der Waals surface area contributed by atoms with Crippen molar-refractivity contribution >= 4 is 0 Å². The lowest BCUT2D eigenvalue weighted by atomic mass is 9.80. The van der Waals surface area contributed by atoms with Gasteiger partial charge in [0.05, 0.1) is 5.60 Å². The van der Waals surface area contributed by atoms with Gasteiger partial charge < -0.3 is 10.4 Å². The molecule has 0 radical (unpaired) electrons. The zero-order valence-electron chi connectivity index (χ0n) is 8.84. The van der Waals surface area contributed by atoms with Crippen LogP contribution >= 0.6 is 0 Å². The number of hydrogen-bond donors (Lipinski definition) is 2. The molecule has 2 heteroatoms. The molecule has 2 nitrogen and oxygen atoms in total. The van der Waals surface area contributed by atoms with E-state index in [1.165, 1.54) is 25.7 Å². The monoisotopic (exact) mass is 195 g/mol. The predicted molar refractivity (Wildman–Crippen MR) is 56.0 cm³/mol. The standard InChI is InChI=1S/C12H21NO/c14-12(3-4-13-8-12)7-11-6-9-1-2-10(11)5-9/h9-11,13-14H,1-8H2. The SMILES string of the molecule is OC1(CC2CC3CCC2C3)CCNC1. The first-order valence-electron chi connectivity index (χ1n) is 6.18. The largest absolute Gasteiger partial charge is 0.389 e. The maximum atomic E-state index is 10.3. The molecule has 3 rings (SSSR count). The summed E-state index contributed by atoms with van der Waals surface area (Å²) in [4.78, 5) is 0. The smallest absolute Gasteiger partial charge is 0.0786 e. The van der Waals surface area contributed by atoms with E-state index in [2.05, 4.69) is 5.32 Å². The molecule has 14 heavy (non-hydrogen) atoms. The van der Waals surface area contributed by atoms with Crippen LogP contribution in [0.3, 0.4) is 0 Å². The second-order valence-electron chi connectivity index (χ2n) is 5.79. The molecule has 0 aromatic heterocycles. The number of β-amino-alcohol motifs (C(OH)–C–C–N with tert-alkyl or cyclic N) is 1. The summed E-state index contributed by atoms with van der Waals surface area (Å²) in [5.74, 6) is 2.83. The molecule has 0 aromatic carbocycles. The lowest BCUT2D eigenvalue weighted by Crippen LogP contribution is -2.35. The Morgan fingerprint density at radius 2 is 2.21 bits per heavy atom. The highest BCUT2D eigenvalue weighted by Crippen LogP contribution is 2.51. The Hall–Kier alpha value is -0.0800. The minimum atomic E-state index is -0.352. The fourth-order valence-electron chi connectivity index (χ4n) is 4.02. The number of aliphatic hydroxyl groups is 1. The lowest BCUT2D eigenvalue weighted by Gasteiger charge is -2.30. The lowest BCUT2D eigenvalue weighted by molar-refractivity contribution is 0.0256. The Morgan fingerprint density at radius 1 is 1.29 bits per heavy atom. The van der Waals surface area contributed by atoms with Crippen molar-refractivity contribution in [1.29, 1.82) is 0 Å². The van der Waals surface area contributed by atoms with E-state index in [0.717, 1.165) is 43.7 Å². The van der Waals surface area contributed by atoms with Crippen molar-refractivity contribution in [3.63, 3.8) is 0 Å². The second kappa shape index (κ2) is 3.21. The summed E-state index contributed by atoms with van der Waals surface area (Å²) in [6.07, 6.45) is 7.83. The topological polar surface area (TPSA) is 32.3 Å². The molecule has 3 fully saturated rings. The average molecular weight is 195 g/mol. The van der Waals surface area contributed by atoms with Gasteiger partial charge in [0.25, 0.3) is 0 Å². The Morgan fingerprint density at radius 3 is 2.79 bits per heavy atom. The number of fused-ring (bicyclic) bond motifs is 2. The molecular formula is C12H21NO. The summed E-state index contributed by atoms with van der Waals surface area (Å²) in [6.45, 7) is 1.85. The van der Waals surface area contributed by atoms with Crippen LogP contribution in [0.2, 0.25) is 0 Å². The van der Waals surface area contributed by atoms with Crippen molar-refractivity contribution in [3.05, 3.63) is 0 Å². The molecule has 0 amide bonds. The normalized spacial score (nSPS) is 51.6. The number of rotatable bonds is 2. The van der Waals surface area contributed by atoms with Gasteiger partial charge in [0.15, 0.2) is 0 Å². The Bertz CT molecular complexity index is 222. The molecule has 2 N–H and O–H groups in total. The highest BCUT2D eigenvalue weighted by molar-refractivity contribution is 4.96. The van der Waals surface area contributed by atoms with Gasteiger partial charge in [0.1, 0.15) is 0 Å². The van der Waals surface area contributed by atoms with E-state index in [1.807, 2.05) is 0 Å². The molecule has 0 spiro atoms. The second-order valence-corrected chi connectivity index (χ2v) is 5.79. The third-order valence-corrected chi connectivity index (χ3v) is 4.75. The van der Waals surface area contributed by atoms with Crippen LogP contribution in [-0.2, 0) is 0 Å². The maximum Gasteiger partial charge on any atom is 0.0786 e. The van der Waals surface area contributed by atoms with Crippen molar-refractivity contribution in [3.8, 4) is 0 Å². The van der Waals surface area contributed by atoms with Crippen LogP contribution in [0.25, 0.3) is 0 Å². The van der Waals surface area contributed by atoms with Crippen molar-refractivity contribution in [2.75, 3.05) is 13.1 Å². The van der Waals surface area contributed by atoms with E-state index in [-0.39, 0.29) is 5.60 Å². The van der Waals surface area contributed by atoms with Crippen LogP contribution in [0.4, 0.5) is 0 Å². The first-order valence-corrected chi connectivity index (χ1v) is 6.18. The van der Waals surface area contributed by atoms with Gasteiger partial charge in [-0.25, -0.2) is 0 Å². The Balaban J connectivity index is 1.62. The van der Waals surface area contributed by atoms with E-state index >= 15 is 0 Å². The first kappa shape index (κ1) is 9.17. The molecule has 3 aliphatic rings. The summed E-state index contributed by atoms with van der Waals surface area (Å²) in [5, 5.41) is 13.6. The van der Waals surface area contributed by atoms with Gasteiger partial charge in [0, 0.05) is 6.54 Å². The van der Waals surface area contributed by atoms with Gasteiger partial charge in [-0.05, 0) is 56.4 Å². The van der Waals surface area contributed by atoms with Crippen LogP contribution in [0.15, 0.2) is 0 Å². The van der Waals surface area contributed by atoms with Crippen LogP contribution in [0.1, 0.15) is 38.5 Å². The third kappa shape index (κ3) is 1.49. The van der Waals surface area contributed by atoms with Crippen molar-refractivity contribution < 1.29 is 5.11 Å². The van der Waals surface area contributed by atoms with Crippen molar-refractivity contribution in [2.45, 2.75) is 44.1 Å². The molecule has 0 aromatic rings. The summed E-state index contributed by atoms with van der Waals surface area (Å²) < 4.78 is 0. The highest BCUT2D eigenvalue weighted by Gasteiger charge is 2.43. The zero-order chi connectivity index (χ0) is 9.60. The molecule has 1 aliphatic heterocycles. The minimum absolute atomic E-state index is 0.352. The quantitative estimate of drug-likeness (QED) is 0.700. The van der Waals surface area contributed by atoms with Crippen molar-refractivity contribution in [2.24, 2.45) is 17.8 Å². The van der Waals surface area contributed by atoms with E-state index in [1.54, 1.807) is 0 Å². The highest BCUT2D eigenvalue weighted by atomic mass is 16.3. The molecule has 4 unspecified atom stereocenters. The maximum absolute atomic E-state index is 10.3. The summed E-state index contributed by atoms with van der Waals surface area (Å²) in [6, 6.07) is 0. The molecule has 1 heterocycles. The molecule has 2 aliphatic carbocycles. The van der Waals surface area contributed by atoms with Crippen LogP contribution in [0.5, 0.6) is 0 Å². The van der Waals surface area contributed by atoms with E-state index < -0.39 is 0 Å². The molecule has 2 saturated carbocycles. The van der Waals surface area contributed by atoms with Gasteiger partial charge in [-0.15, -0.1) is 0 Å². The van der Waals surface area contributed by atoms with Gasteiger partial charge in [-0.3, -0.25) is 0 Å². The molecule has 80 valence electrons. The third-order valence-electron chi connectivity index (χ3n) is 4.75. The fraction of sp³-hybridized carbons (Fsp3) is 1.00. The average Bonchev–Trinajstić information content (AvgIpc) is 2.80. The van der Waals surface area contributed by atoms with Crippen LogP contribution in [0, 0.1) is 17.8 Å². The van der Waals surface area contributed by atoms with Gasteiger partial charge in [-0.1, -0.05) is 6.42 Å². The van der Waals surface area contributed by atoms with Crippen LogP contribution < -0.4 is 5.32 Å². The molecular weight excluding hydrogens is 174 g/mol.